The van der Waals surface area contributed by atoms with Gasteiger partial charge in [0.15, 0.2) is 0 Å². The Kier molecular flexibility index (Phi) is 8.03. The molecule has 0 radical (unpaired) electrons. The Morgan fingerprint density at radius 1 is 1.05 bits per heavy atom. The van der Waals surface area contributed by atoms with Crippen molar-refractivity contribution in [3.8, 4) is 5.75 Å². The van der Waals surface area contributed by atoms with Crippen molar-refractivity contribution in [3.05, 3.63) is 63.6 Å². The van der Waals surface area contributed by atoms with E-state index in [-0.39, 0.29) is 17.9 Å². The molecule has 3 amide bonds. The number of carboxylic acid groups (broad SMARTS) is 1. The van der Waals surface area contributed by atoms with Crippen LogP contribution < -0.4 is 4.74 Å². The molecule has 0 bridgehead atoms. The number of rotatable bonds is 4. The third-order valence-electron chi connectivity index (χ3n) is 7.20. The van der Waals surface area contributed by atoms with Crippen molar-refractivity contribution in [1.82, 2.24) is 9.80 Å². The van der Waals surface area contributed by atoms with Crippen LogP contribution in [0.2, 0.25) is 0 Å². The fourth-order valence-electron chi connectivity index (χ4n) is 5.53. The van der Waals surface area contributed by atoms with Gasteiger partial charge in [0.05, 0.1) is 12.6 Å². The molecule has 0 aliphatic carbocycles. The van der Waals surface area contributed by atoms with E-state index in [4.69, 9.17) is 9.47 Å². The first-order chi connectivity index (χ1) is 18.2. The number of hydrogen-bond acceptors (Lipinski definition) is 5. The molecule has 0 spiro atoms. The standard InChI is InChI=1S/C30H37BrN2O6/c1-29(2,3)25-23-12-11-21(15-24(23)26(34)33(25)27(35)36)38-17-19-16-32(28(37)39-30(4,5)6)14-13-22(19)18-7-9-20(31)10-8-18/h7-12,15,19,22,25H,13-14,16-17H2,1-6H3,(H,35,36)/t19-,22-,25?/m0/s1. The summed E-state index contributed by atoms with van der Waals surface area (Å²) < 4.78 is 12.9. The van der Waals surface area contributed by atoms with Crippen LogP contribution in [0.25, 0.3) is 0 Å². The smallest absolute Gasteiger partial charge is 0.414 e. The highest BCUT2D eigenvalue weighted by atomic mass is 79.9. The number of ether oxygens (including phenoxy) is 2. The van der Waals surface area contributed by atoms with Crippen molar-refractivity contribution in [2.24, 2.45) is 11.3 Å². The topological polar surface area (TPSA) is 96.4 Å². The molecule has 1 N–H and O–H groups in total. The van der Waals surface area contributed by atoms with Gasteiger partial charge in [-0.15, -0.1) is 0 Å². The van der Waals surface area contributed by atoms with E-state index >= 15 is 0 Å². The van der Waals surface area contributed by atoms with Gasteiger partial charge in [0.1, 0.15) is 11.4 Å². The average Bonchev–Trinajstić information content (AvgIpc) is 3.14. The molecule has 1 saturated heterocycles. The molecule has 2 aromatic carbocycles. The van der Waals surface area contributed by atoms with Gasteiger partial charge in [0, 0.05) is 29.0 Å². The lowest BCUT2D eigenvalue weighted by atomic mass is 9.81. The largest absolute Gasteiger partial charge is 0.493 e. The van der Waals surface area contributed by atoms with Gasteiger partial charge < -0.3 is 19.5 Å². The Balaban J connectivity index is 1.56. The maximum absolute atomic E-state index is 13.1. The van der Waals surface area contributed by atoms with Crippen LogP contribution in [0, 0.1) is 11.3 Å². The number of carbonyl (C=O) groups excluding carboxylic acids is 2. The molecule has 2 aliphatic heterocycles. The van der Waals surface area contributed by atoms with Crippen LogP contribution in [0.15, 0.2) is 46.9 Å². The third-order valence-corrected chi connectivity index (χ3v) is 7.73. The molecule has 0 saturated carbocycles. The summed E-state index contributed by atoms with van der Waals surface area (Å²) in [6, 6.07) is 12.9. The van der Waals surface area contributed by atoms with Gasteiger partial charge in [0.2, 0.25) is 0 Å². The summed E-state index contributed by atoms with van der Waals surface area (Å²) in [4.78, 5) is 40.5. The number of amides is 3. The minimum absolute atomic E-state index is 0.0192. The summed E-state index contributed by atoms with van der Waals surface area (Å²) in [5.74, 6) is 0.102. The molecule has 4 rings (SSSR count). The normalized spacial score (nSPS) is 21.5. The second kappa shape index (κ2) is 10.8. The number of fused-ring (bicyclic) bond motifs is 1. The summed E-state index contributed by atoms with van der Waals surface area (Å²) in [6.45, 7) is 12.7. The Morgan fingerprint density at radius 2 is 1.72 bits per heavy atom. The molecular weight excluding hydrogens is 564 g/mol. The number of hydrogen-bond donors (Lipinski definition) is 1. The SMILES string of the molecule is CC(C)(C)OC(=O)N1CC[C@@H](c2ccc(Br)cc2)[C@H](COc2ccc3c(c2)C(=O)N(C(=O)O)C3C(C)(C)C)C1. The molecule has 2 aliphatic rings. The zero-order chi connectivity index (χ0) is 28.7. The molecule has 1 unspecified atom stereocenters. The second-order valence-electron chi connectivity index (χ2n) is 12.4. The quantitative estimate of drug-likeness (QED) is 0.402. The van der Waals surface area contributed by atoms with Crippen LogP contribution in [0.4, 0.5) is 9.59 Å². The zero-order valence-electron chi connectivity index (χ0n) is 23.4. The fourth-order valence-corrected chi connectivity index (χ4v) is 5.80. The Bertz CT molecular complexity index is 1250. The number of halogens is 1. The van der Waals surface area contributed by atoms with Crippen molar-refractivity contribution in [1.29, 1.82) is 0 Å². The van der Waals surface area contributed by atoms with E-state index in [1.54, 1.807) is 23.1 Å². The molecule has 210 valence electrons. The lowest BCUT2D eigenvalue weighted by Gasteiger charge is -2.39. The van der Waals surface area contributed by atoms with E-state index in [1.165, 1.54) is 5.56 Å². The van der Waals surface area contributed by atoms with Crippen molar-refractivity contribution >= 4 is 34.0 Å². The van der Waals surface area contributed by atoms with Gasteiger partial charge >= 0.3 is 12.2 Å². The van der Waals surface area contributed by atoms with E-state index in [9.17, 15) is 19.5 Å². The molecule has 9 heteroatoms. The number of nitrogens with zero attached hydrogens (tertiary/aromatic N) is 2. The Labute approximate surface area is 238 Å². The number of imide groups is 1. The van der Waals surface area contributed by atoms with Crippen molar-refractivity contribution in [3.63, 3.8) is 0 Å². The van der Waals surface area contributed by atoms with Crippen LogP contribution in [0.1, 0.15) is 81.4 Å². The lowest BCUT2D eigenvalue weighted by Crippen LogP contribution is -2.46. The van der Waals surface area contributed by atoms with Gasteiger partial charge in [-0.05, 0) is 73.9 Å². The zero-order valence-corrected chi connectivity index (χ0v) is 24.9. The van der Waals surface area contributed by atoms with Crippen molar-refractivity contribution < 1.29 is 29.0 Å². The summed E-state index contributed by atoms with van der Waals surface area (Å²) in [7, 11) is 0. The average molecular weight is 602 g/mol. The summed E-state index contributed by atoms with van der Waals surface area (Å²) in [6.07, 6.45) is -0.842. The number of carbonyl (C=O) groups is 3. The Hall–Kier alpha value is -3.07. The predicted molar refractivity (Wildman–Crippen MR) is 151 cm³/mol. The van der Waals surface area contributed by atoms with Crippen LogP contribution in [0.5, 0.6) is 5.75 Å². The van der Waals surface area contributed by atoms with Gasteiger partial charge in [-0.1, -0.05) is 54.9 Å². The number of piperidine rings is 1. The molecule has 3 atom stereocenters. The van der Waals surface area contributed by atoms with Gasteiger partial charge in [-0.25, -0.2) is 14.5 Å². The molecule has 8 nitrogen and oxygen atoms in total. The molecule has 1 fully saturated rings. The van der Waals surface area contributed by atoms with Crippen LogP contribution in [-0.2, 0) is 4.74 Å². The third kappa shape index (κ3) is 6.40. The van der Waals surface area contributed by atoms with Gasteiger partial charge in [-0.3, -0.25) is 4.79 Å². The summed E-state index contributed by atoms with van der Waals surface area (Å²) in [5.41, 5.74) is 1.15. The van der Waals surface area contributed by atoms with Gasteiger partial charge in [-0.2, -0.15) is 0 Å². The number of likely N-dealkylation sites (tertiary alicyclic amines) is 1. The number of benzene rings is 2. The van der Waals surface area contributed by atoms with Crippen LogP contribution in [0.3, 0.4) is 0 Å². The first-order valence-corrected chi connectivity index (χ1v) is 14.0. The predicted octanol–water partition coefficient (Wildman–Crippen LogP) is 7.09. The van der Waals surface area contributed by atoms with Gasteiger partial charge in [0.25, 0.3) is 5.91 Å². The first kappa shape index (κ1) is 28.9. The maximum Gasteiger partial charge on any atom is 0.414 e. The van der Waals surface area contributed by atoms with Crippen LogP contribution >= 0.6 is 15.9 Å². The van der Waals surface area contributed by atoms with E-state index in [2.05, 4.69) is 28.1 Å². The highest BCUT2D eigenvalue weighted by Gasteiger charge is 2.46. The highest BCUT2D eigenvalue weighted by molar-refractivity contribution is 9.10. The van der Waals surface area contributed by atoms with E-state index in [0.717, 1.165) is 15.8 Å². The molecule has 39 heavy (non-hydrogen) atoms. The minimum atomic E-state index is -1.26. The molecule has 2 heterocycles. The van der Waals surface area contributed by atoms with Crippen molar-refractivity contribution in [2.75, 3.05) is 19.7 Å². The lowest BCUT2D eigenvalue weighted by molar-refractivity contribution is 0.0111. The monoisotopic (exact) mass is 600 g/mol. The van der Waals surface area contributed by atoms with Crippen LogP contribution in [-0.4, -0.2) is 58.3 Å². The Morgan fingerprint density at radius 3 is 2.31 bits per heavy atom. The summed E-state index contributed by atoms with van der Waals surface area (Å²) >= 11 is 3.50. The molecular formula is C30H37BrN2O6. The summed E-state index contributed by atoms with van der Waals surface area (Å²) in [5, 5.41) is 9.76. The minimum Gasteiger partial charge on any atom is -0.493 e. The van der Waals surface area contributed by atoms with E-state index in [0.29, 0.717) is 36.6 Å². The van der Waals surface area contributed by atoms with Crippen molar-refractivity contribution in [2.45, 2.75) is 65.5 Å². The maximum atomic E-state index is 13.1. The van der Waals surface area contributed by atoms with E-state index in [1.807, 2.05) is 53.7 Å². The highest BCUT2D eigenvalue weighted by Crippen LogP contribution is 2.46. The first-order valence-electron chi connectivity index (χ1n) is 13.2. The molecule has 2 aromatic rings. The second-order valence-corrected chi connectivity index (χ2v) is 13.3. The molecule has 0 aromatic heterocycles. The van der Waals surface area contributed by atoms with E-state index < -0.39 is 29.1 Å². The fraction of sp³-hybridized carbons (Fsp3) is 0.500.